The number of hydrogen-bond donors (Lipinski definition) is 1. The predicted molar refractivity (Wildman–Crippen MR) is 150 cm³/mol. The summed E-state index contributed by atoms with van der Waals surface area (Å²) in [4.78, 5) is 4.26. The molecule has 188 valence electrons. The van der Waals surface area contributed by atoms with Crippen molar-refractivity contribution in [3.8, 4) is 34.3 Å². The highest BCUT2D eigenvalue weighted by molar-refractivity contribution is 5.96. The van der Waals surface area contributed by atoms with Crippen molar-refractivity contribution >= 4 is 10.9 Å². The van der Waals surface area contributed by atoms with Gasteiger partial charge in [-0.1, -0.05) is 77.9 Å². The predicted octanol–water partition coefficient (Wildman–Crippen LogP) is 8.18. The summed E-state index contributed by atoms with van der Waals surface area (Å²) < 4.78 is 7.89. The molecule has 0 saturated heterocycles. The number of para-hydroxylation sites is 1. The van der Waals surface area contributed by atoms with Crippen molar-refractivity contribution in [2.75, 3.05) is 0 Å². The van der Waals surface area contributed by atoms with Crippen LogP contribution in [0.25, 0.3) is 27.8 Å². The molecule has 0 aliphatic heterocycles. The first-order chi connectivity index (χ1) is 17.5. The minimum absolute atomic E-state index is 0.0854. The normalized spacial score (nSPS) is 12.2. The summed E-state index contributed by atoms with van der Waals surface area (Å²) in [7, 11) is 0. The van der Waals surface area contributed by atoms with Crippen molar-refractivity contribution in [1.82, 2.24) is 14.8 Å². The van der Waals surface area contributed by atoms with Gasteiger partial charge >= 0.3 is 0 Å². The minimum Gasteiger partial charge on any atom is -0.507 e. The van der Waals surface area contributed by atoms with Gasteiger partial charge in [-0.05, 0) is 46.7 Å². The van der Waals surface area contributed by atoms with E-state index in [0.29, 0.717) is 11.6 Å². The van der Waals surface area contributed by atoms with Gasteiger partial charge in [0.15, 0.2) is 0 Å². The number of phenols is 1. The lowest BCUT2D eigenvalue weighted by molar-refractivity contribution is 0.446. The van der Waals surface area contributed by atoms with Crippen LogP contribution in [0.2, 0.25) is 0 Å². The number of ether oxygens (including phenoxy) is 1. The van der Waals surface area contributed by atoms with Crippen molar-refractivity contribution in [2.45, 2.75) is 52.4 Å². The molecule has 1 N–H and O–H groups in total. The van der Waals surface area contributed by atoms with Gasteiger partial charge in [0.25, 0.3) is 0 Å². The molecule has 0 aliphatic carbocycles. The molecule has 0 atom stereocenters. The van der Waals surface area contributed by atoms with Crippen LogP contribution in [0.3, 0.4) is 0 Å². The van der Waals surface area contributed by atoms with Gasteiger partial charge in [0, 0.05) is 34.8 Å². The second-order valence-electron chi connectivity index (χ2n) is 11.5. The molecule has 3 aromatic carbocycles. The Bertz CT molecular complexity index is 1570. The molecule has 0 spiro atoms. The maximum atomic E-state index is 11.5. The van der Waals surface area contributed by atoms with Crippen molar-refractivity contribution < 1.29 is 9.84 Å². The zero-order chi connectivity index (χ0) is 26.4. The molecule has 5 rings (SSSR count). The number of rotatable bonds is 4. The highest BCUT2D eigenvalue weighted by Gasteiger charge is 2.27. The number of pyridine rings is 1. The summed E-state index contributed by atoms with van der Waals surface area (Å²) in [6, 6.07) is 25.7. The summed E-state index contributed by atoms with van der Waals surface area (Å²) in [5.74, 6) is 1.48. The Labute approximate surface area is 218 Å². The maximum absolute atomic E-state index is 11.5. The number of aromatic hydroxyl groups is 1. The van der Waals surface area contributed by atoms with Gasteiger partial charge in [-0.3, -0.25) is 0 Å². The van der Waals surface area contributed by atoms with E-state index < -0.39 is 0 Å². The van der Waals surface area contributed by atoms with E-state index in [4.69, 9.17) is 9.84 Å². The second-order valence-corrected chi connectivity index (χ2v) is 11.5. The van der Waals surface area contributed by atoms with E-state index in [1.54, 1.807) is 6.20 Å². The van der Waals surface area contributed by atoms with E-state index in [1.807, 2.05) is 65.3 Å². The molecule has 5 aromatic rings. The van der Waals surface area contributed by atoms with Gasteiger partial charge in [0.2, 0.25) is 5.88 Å². The average molecular weight is 492 g/mol. The van der Waals surface area contributed by atoms with E-state index in [1.165, 1.54) is 0 Å². The molecule has 0 aliphatic rings. The van der Waals surface area contributed by atoms with Crippen LogP contribution in [0.5, 0.6) is 17.4 Å². The highest BCUT2D eigenvalue weighted by Crippen LogP contribution is 2.43. The molecule has 5 heteroatoms. The number of nitrogens with zero attached hydrogens (tertiary/aromatic N) is 3. The first-order valence-electron chi connectivity index (χ1n) is 12.6. The monoisotopic (exact) mass is 491 g/mol. The van der Waals surface area contributed by atoms with Crippen molar-refractivity contribution in [3.63, 3.8) is 0 Å². The van der Waals surface area contributed by atoms with Crippen LogP contribution in [0.1, 0.15) is 52.7 Å². The summed E-state index contributed by atoms with van der Waals surface area (Å²) in [5, 5.41) is 17.6. The molecular weight excluding hydrogens is 458 g/mol. The van der Waals surface area contributed by atoms with Gasteiger partial charge in [0.05, 0.1) is 11.2 Å². The van der Waals surface area contributed by atoms with Crippen LogP contribution >= 0.6 is 0 Å². The molecule has 2 aromatic heterocycles. The molecule has 0 fully saturated rings. The van der Waals surface area contributed by atoms with Gasteiger partial charge in [-0.2, -0.15) is 5.10 Å². The van der Waals surface area contributed by atoms with E-state index in [-0.39, 0.29) is 16.6 Å². The molecule has 2 heterocycles. The zero-order valence-corrected chi connectivity index (χ0v) is 22.3. The number of aromatic nitrogens is 3. The Kier molecular flexibility index (Phi) is 6.03. The van der Waals surface area contributed by atoms with Gasteiger partial charge < -0.3 is 9.84 Å². The third kappa shape index (κ3) is 4.82. The quantitative estimate of drug-likeness (QED) is 0.275. The van der Waals surface area contributed by atoms with E-state index in [9.17, 15) is 5.11 Å². The Morgan fingerprint density at radius 1 is 0.784 bits per heavy atom. The Morgan fingerprint density at radius 2 is 1.54 bits per heavy atom. The average Bonchev–Trinajstić information content (AvgIpc) is 3.23. The summed E-state index contributed by atoms with van der Waals surface area (Å²) in [6.07, 6.45) is 1.70. The lowest BCUT2D eigenvalue weighted by Gasteiger charge is -2.27. The number of fused-ring (bicyclic) bond motifs is 1. The molecule has 0 radical (unpaired) electrons. The third-order valence-corrected chi connectivity index (χ3v) is 6.55. The molecule has 0 unspecified atom stereocenters. The Balaban J connectivity index is 1.70. The van der Waals surface area contributed by atoms with Crippen molar-refractivity contribution in [3.05, 3.63) is 96.2 Å². The van der Waals surface area contributed by atoms with Gasteiger partial charge in [0.1, 0.15) is 17.2 Å². The van der Waals surface area contributed by atoms with Crippen LogP contribution in [0.4, 0.5) is 0 Å². The van der Waals surface area contributed by atoms with Gasteiger partial charge in [-0.25, -0.2) is 9.67 Å². The molecule has 5 nitrogen and oxygen atoms in total. The fourth-order valence-electron chi connectivity index (χ4n) is 4.49. The molecular formula is C32H33N3O2. The summed E-state index contributed by atoms with van der Waals surface area (Å²) in [6.45, 7) is 13.0. The lowest BCUT2D eigenvalue weighted by Crippen LogP contribution is -2.17. The van der Waals surface area contributed by atoms with Crippen LogP contribution in [-0.4, -0.2) is 19.9 Å². The third-order valence-electron chi connectivity index (χ3n) is 6.55. The highest BCUT2D eigenvalue weighted by atomic mass is 16.5. The van der Waals surface area contributed by atoms with Crippen LogP contribution in [0, 0.1) is 0 Å². The fraction of sp³-hybridized carbons (Fsp3) is 0.250. The number of hydrogen-bond acceptors (Lipinski definition) is 4. The van der Waals surface area contributed by atoms with Crippen molar-refractivity contribution in [1.29, 1.82) is 0 Å². The number of phenolic OH excluding ortho intramolecular Hbond substituents is 1. The van der Waals surface area contributed by atoms with E-state index >= 15 is 0 Å². The first kappa shape index (κ1) is 24.6. The van der Waals surface area contributed by atoms with E-state index in [2.05, 4.69) is 64.7 Å². The summed E-state index contributed by atoms with van der Waals surface area (Å²) in [5.41, 5.74) is 5.07. The smallest absolute Gasteiger partial charge is 0.219 e. The topological polar surface area (TPSA) is 60.2 Å². The first-order valence-corrected chi connectivity index (χ1v) is 12.6. The van der Waals surface area contributed by atoms with Crippen LogP contribution < -0.4 is 4.74 Å². The Morgan fingerprint density at radius 3 is 2.24 bits per heavy atom. The SMILES string of the molecule is CC(C)(C)c1cc(-c2nn(-c3cccc(Oc4ccccn4)c3)c3ccccc23)c(O)c(C(C)(C)C)c1. The lowest BCUT2D eigenvalue weighted by atomic mass is 9.78. The largest absolute Gasteiger partial charge is 0.507 e. The minimum atomic E-state index is -0.227. The summed E-state index contributed by atoms with van der Waals surface area (Å²) >= 11 is 0. The van der Waals surface area contributed by atoms with Gasteiger partial charge in [-0.15, -0.1) is 0 Å². The standard InChI is InChI=1S/C32H33N3O2/c1-31(2,3)21-18-25(30(36)26(19-21)32(4,5)6)29-24-14-7-8-15-27(24)35(34-29)22-12-11-13-23(20-22)37-28-16-9-10-17-33-28/h7-20,36H,1-6H3. The molecule has 37 heavy (non-hydrogen) atoms. The Hall–Kier alpha value is -4.12. The number of benzene rings is 3. The molecule has 0 saturated carbocycles. The zero-order valence-electron chi connectivity index (χ0n) is 22.3. The van der Waals surface area contributed by atoms with Crippen molar-refractivity contribution in [2.24, 2.45) is 0 Å². The second kappa shape index (κ2) is 9.07. The molecule has 0 bridgehead atoms. The maximum Gasteiger partial charge on any atom is 0.219 e. The fourth-order valence-corrected chi connectivity index (χ4v) is 4.49. The molecule has 0 amide bonds. The van der Waals surface area contributed by atoms with Crippen LogP contribution in [0.15, 0.2) is 85.1 Å². The van der Waals surface area contributed by atoms with E-state index in [0.717, 1.165) is 39.0 Å². The van der Waals surface area contributed by atoms with Crippen LogP contribution in [-0.2, 0) is 10.8 Å².